The first-order chi connectivity index (χ1) is 13.7. The molecule has 0 heterocycles. The second-order valence-electron chi connectivity index (χ2n) is 6.83. The summed E-state index contributed by atoms with van der Waals surface area (Å²) in [5, 5.41) is 2.83. The van der Waals surface area contributed by atoms with E-state index in [1.54, 1.807) is 0 Å². The number of hydrogen-bond acceptors (Lipinski definition) is 2. The lowest BCUT2D eigenvalue weighted by Crippen LogP contribution is -2.25. The van der Waals surface area contributed by atoms with Crippen LogP contribution in [0.25, 0.3) is 0 Å². The lowest BCUT2D eigenvalue weighted by atomic mass is 10.1. The van der Waals surface area contributed by atoms with E-state index in [1.807, 2.05) is 24.3 Å². The molecular formula is C22H26ClF3N2O. The van der Waals surface area contributed by atoms with Crippen molar-refractivity contribution in [3.63, 3.8) is 0 Å². The summed E-state index contributed by atoms with van der Waals surface area (Å²) in [6, 6.07) is 10.9. The summed E-state index contributed by atoms with van der Waals surface area (Å²) in [4.78, 5) is 14.5. The van der Waals surface area contributed by atoms with Crippen molar-refractivity contribution in [2.24, 2.45) is 0 Å². The van der Waals surface area contributed by atoms with E-state index >= 15 is 0 Å². The maximum Gasteiger partial charge on any atom is 0.416 e. The third-order valence-corrected chi connectivity index (χ3v) is 5.20. The smallest absolute Gasteiger partial charge is 0.326 e. The number of alkyl halides is 3. The van der Waals surface area contributed by atoms with Gasteiger partial charge < -0.3 is 10.2 Å². The van der Waals surface area contributed by atoms with Gasteiger partial charge in [0.05, 0.1) is 5.56 Å². The van der Waals surface area contributed by atoms with E-state index < -0.39 is 11.7 Å². The fourth-order valence-corrected chi connectivity index (χ4v) is 3.25. The molecule has 1 amide bonds. The molecule has 7 heteroatoms. The molecule has 0 atom stereocenters. The highest BCUT2D eigenvalue weighted by Crippen LogP contribution is 2.32. The predicted octanol–water partition coefficient (Wildman–Crippen LogP) is 5.81. The maximum atomic E-state index is 12.7. The molecule has 0 radical (unpaired) electrons. The van der Waals surface area contributed by atoms with Crippen molar-refractivity contribution < 1.29 is 18.0 Å². The van der Waals surface area contributed by atoms with Gasteiger partial charge in [0.1, 0.15) is 0 Å². The van der Waals surface area contributed by atoms with Crippen molar-refractivity contribution in [1.29, 1.82) is 0 Å². The van der Waals surface area contributed by atoms with E-state index in [4.69, 9.17) is 11.6 Å². The predicted molar refractivity (Wildman–Crippen MR) is 111 cm³/mol. The highest BCUT2D eigenvalue weighted by molar-refractivity contribution is 6.31. The van der Waals surface area contributed by atoms with Crippen LogP contribution in [0.1, 0.15) is 37.0 Å². The number of aryl methyl sites for hydroxylation is 1. The van der Waals surface area contributed by atoms with Gasteiger partial charge in [-0.1, -0.05) is 43.6 Å². The van der Waals surface area contributed by atoms with Gasteiger partial charge in [0.15, 0.2) is 0 Å². The third-order valence-electron chi connectivity index (χ3n) is 4.85. The molecule has 2 rings (SSSR count). The first kappa shape index (κ1) is 23.2. The first-order valence-electron chi connectivity index (χ1n) is 9.69. The van der Waals surface area contributed by atoms with Crippen LogP contribution in [0, 0.1) is 0 Å². The molecule has 0 saturated heterocycles. The Balaban J connectivity index is 1.85. The number of likely N-dealkylation sites (N-methyl/N-ethyl adjacent to an activating group) is 1. The largest absolute Gasteiger partial charge is 0.416 e. The van der Waals surface area contributed by atoms with Crippen LogP contribution < -0.4 is 5.32 Å². The lowest BCUT2D eigenvalue weighted by molar-refractivity contribution is -0.137. The Kier molecular flexibility index (Phi) is 8.53. The minimum atomic E-state index is -4.43. The number of hydrogen-bond donors (Lipinski definition) is 1. The molecule has 0 aliphatic rings. The molecule has 0 aliphatic carbocycles. The van der Waals surface area contributed by atoms with Gasteiger partial charge in [-0.25, -0.2) is 0 Å². The SMILES string of the molecule is CCN(CC)CCc1ccc(NC(=O)CCc2ccc(C(F)(F)F)cc2Cl)cc1. The van der Waals surface area contributed by atoms with Crippen LogP contribution in [0.2, 0.25) is 5.02 Å². The van der Waals surface area contributed by atoms with Crippen LogP contribution in [0.5, 0.6) is 0 Å². The molecule has 3 nitrogen and oxygen atoms in total. The molecule has 0 saturated carbocycles. The number of amides is 1. The van der Waals surface area contributed by atoms with Crippen molar-refractivity contribution in [1.82, 2.24) is 4.90 Å². The summed E-state index contributed by atoms with van der Waals surface area (Å²) < 4.78 is 38.0. The zero-order chi connectivity index (χ0) is 21.4. The number of halogens is 4. The van der Waals surface area contributed by atoms with E-state index in [9.17, 15) is 18.0 Å². The van der Waals surface area contributed by atoms with Gasteiger partial charge in [0.25, 0.3) is 0 Å². The normalized spacial score (nSPS) is 11.7. The molecule has 0 aliphatic heterocycles. The molecule has 2 aromatic rings. The highest BCUT2D eigenvalue weighted by Gasteiger charge is 2.30. The Morgan fingerprint density at radius 1 is 1.03 bits per heavy atom. The van der Waals surface area contributed by atoms with Gasteiger partial charge in [-0.05, 0) is 61.3 Å². The Hall–Kier alpha value is -2.05. The number of carbonyl (C=O) groups is 1. The Bertz CT molecular complexity index is 803. The number of benzene rings is 2. The maximum absolute atomic E-state index is 12.7. The van der Waals surface area contributed by atoms with Crippen LogP contribution in [-0.2, 0) is 23.8 Å². The van der Waals surface area contributed by atoms with Crippen LogP contribution in [0.3, 0.4) is 0 Å². The highest BCUT2D eigenvalue weighted by atomic mass is 35.5. The molecule has 1 N–H and O–H groups in total. The molecule has 0 fully saturated rings. The molecule has 158 valence electrons. The average Bonchev–Trinajstić information content (AvgIpc) is 2.68. The van der Waals surface area contributed by atoms with Crippen LogP contribution in [-0.4, -0.2) is 30.4 Å². The molecule has 0 aromatic heterocycles. The van der Waals surface area contributed by atoms with Crippen molar-refractivity contribution >= 4 is 23.2 Å². The molecule has 29 heavy (non-hydrogen) atoms. The second kappa shape index (κ2) is 10.6. The van der Waals surface area contributed by atoms with Crippen LogP contribution >= 0.6 is 11.6 Å². The fraction of sp³-hybridized carbons (Fsp3) is 0.409. The van der Waals surface area contributed by atoms with E-state index in [0.717, 1.165) is 38.2 Å². The quantitative estimate of drug-likeness (QED) is 0.548. The van der Waals surface area contributed by atoms with Gasteiger partial charge in [-0.2, -0.15) is 13.2 Å². The minimum absolute atomic E-state index is 0.0187. The average molecular weight is 427 g/mol. The third kappa shape index (κ3) is 7.37. The molecule has 0 bridgehead atoms. The lowest BCUT2D eigenvalue weighted by Gasteiger charge is -2.17. The van der Waals surface area contributed by atoms with Crippen LogP contribution in [0.4, 0.5) is 18.9 Å². The topological polar surface area (TPSA) is 32.3 Å². The summed E-state index contributed by atoms with van der Waals surface area (Å²) in [6.45, 7) is 7.31. The summed E-state index contributed by atoms with van der Waals surface area (Å²) in [6.07, 6.45) is -3.08. The standard InChI is InChI=1S/C22H26ClF3N2O/c1-3-28(4-2)14-13-16-5-10-19(11-6-16)27-21(29)12-8-17-7-9-18(15-20(17)23)22(24,25)26/h5-7,9-11,15H,3-4,8,12-14H2,1-2H3,(H,27,29). The van der Waals surface area contributed by atoms with E-state index in [1.165, 1.54) is 11.6 Å². The zero-order valence-electron chi connectivity index (χ0n) is 16.7. The number of nitrogens with zero attached hydrogens (tertiary/aromatic N) is 1. The van der Waals surface area contributed by atoms with Crippen molar-refractivity contribution in [3.8, 4) is 0 Å². The molecule has 0 spiro atoms. The van der Waals surface area contributed by atoms with Crippen molar-refractivity contribution in [3.05, 3.63) is 64.2 Å². The monoisotopic (exact) mass is 426 g/mol. The minimum Gasteiger partial charge on any atom is -0.326 e. The second-order valence-corrected chi connectivity index (χ2v) is 7.23. The van der Waals surface area contributed by atoms with E-state index in [-0.39, 0.29) is 23.8 Å². The summed E-state index contributed by atoms with van der Waals surface area (Å²) >= 11 is 5.93. The van der Waals surface area contributed by atoms with Gasteiger partial charge in [0.2, 0.25) is 5.91 Å². The van der Waals surface area contributed by atoms with Crippen molar-refractivity contribution in [2.75, 3.05) is 25.0 Å². The Morgan fingerprint density at radius 2 is 1.69 bits per heavy atom. The zero-order valence-corrected chi connectivity index (χ0v) is 17.4. The number of anilines is 1. The Morgan fingerprint density at radius 3 is 2.24 bits per heavy atom. The Labute approximate surface area is 174 Å². The molecule has 0 unspecified atom stereocenters. The number of nitrogens with one attached hydrogen (secondary N) is 1. The molecule has 2 aromatic carbocycles. The van der Waals surface area contributed by atoms with Gasteiger partial charge in [-0.15, -0.1) is 0 Å². The summed E-state index contributed by atoms with van der Waals surface area (Å²) in [5.74, 6) is -0.211. The molecular weight excluding hydrogens is 401 g/mol. The fourth-order valence-electron chi connectivity index (χ4n) is 2.98. The van der Waals surface area contributed by atoms with Gasteiger partial charge in [0, 0.05) is 23.7 Å². The van der Waals surface area contributed by atoms with Gasteiger partial charge >= 0.3 is 6.18 Å². The number of carbonyl (C=O) groups excluding carboxylic acids is 1. The van der Waals surface area contributed by atoms with E-state index in [2.05, 4.69) is 24.1 Å². The van der Waals surface area contributed by atoms with Crippen LogP contribution in [0.15, 0.2) is 42.5 Å². The van der Waals surface area contributed by atoms with E-state index in [0.29, 0.717) is 11.3 Å². The van der Waals surface area contributed by atoms with Crippen molar-refractivity contribution in [2.45, 2.75) is 39.3 Å². The summed E-state index contributed by atoms with van der Waals surface area (Å²) in [7, 11) is 0. The van der Waals surface area contributed by atoms with Gasteiger partial charge in [-0.3, -0.25) is 4.79 Å². The number of rotatable bonds is 9. The summed E-state index contributed by atoms with van der Waals surface area (Å²) in [5.41, 5.74) is 1.62. The first-order valence-corrected chi connectivity index (χ1v) is 10.1.